The Hall–Kier alpha value is -20.2. The van der Waals surface area contributed by atoms with Crippen LogP contribution in [0.5, 0.6) is 0 Å². The highest BCUT2D eigenvalue weighted by Gasteiger charge is 2.32. The maximum absolute atomic E-state index is 6.56. The van der Waals surface area contributed by atoms with Crippen molar-refractivity contribution in [3.05, 3.63) is 437 Å². The van der Waals surface area contributed by atoms with Crippen LogP contribution in [0.2, 0.25) is 0 Å². The average molecular weight is 1870 g/mol. The highest BCUT2D eigenvalue weighted by molar-refractivity contribution is 6.39. The number of fused-ring (bicyclic) bond motifs is 42. The van der Waals surface area contributed by atoms with E-state index in [2.05, 4.69) is 373 Å². The van der Waals surface area contributed by atoms with E-state index < -0.39 is 0 Å². The second-order valence-corrected chi connectivity index (χ2v) is 38.9. The molecular formula is C132H72N12O3. The van der Waals surface area contributed by atoms with Crippen LogP contribution in [0.1, 0.15) is 0 Å². The number of nitrogens with zero attached hydrogens (tertiary/aromatic N) is 12. The van der Waals surface area contributed by atoms with Gasteiger partial charge in [-0.3, -0.25) is 13.2 Å². The number of furan rings is 3. The Kier molecular flexibility index (Phi) is 15.7. The fourth-order valence-electron chi connectivity index (χ4n) is 25.1. The number of rotatable bonds is 6. The van der Waals surface area contributed by atoms with Crippen LogP contribution in [0.4, 0.5) is 0 Å². The van der Waals surface area contributed by atoms with E-state index in [1.807, 2.05) is 91.0 Å². The molecule has 0 aliphatic heterocycles. The molecule has 0 radical (unpaired) electrons. The zero-order valence-corrected chi connectivity index (χ0v) is 78.2. The van der Waals surface area contributed by atoms with Crippen LogP contribution in [-0.4, -0.2) is 56.8 Å². The van der Waals surface area contributed by atoms with Gasteiger partial charge in [0.15, 0.2) is 16.9 Å². The third-order valence-electron chi connectivity index (χ3n) is 31.2. The zero-order valence-electron chi connectivity index (χ0n) is 78.2. The summed E-state index contributed by atoms with van der Waals surface area (Å²) >= 11 is 0. The predicted molar refractivity (Wildman–Crippen MR) is 604 cm³/mol. The molecule has 0 N–H and O–H groups in total. The molecule has 0 aliphatic rings. The smallest absolute Gasteiger partial charge is 0.165 e. The third-order valence-corrected chi connectivity index (χ3v) is 31.2. The fourth-order valence-corrected chi connectivity index (χ4v) is 25.1. The van der Waals surface area contributed by atoms with Crippen LogP contribution in [0, 0.1) is 0 Å². The molecule has 15 nitrogen and oxygen atoms in total. The van der Waals surface area contributed by atoms with Gasteiger partial charge in [0.1, 0.15) is 50.0 Å². The van der Waals surface area contributed by atoms with Crippen molar-refractivity contribution in [1.82, 2.24) is 56.8 Å². The lowest BCUT2D eigenvalue weighted by Gasteiger charge is -2.12. The summed E-state index contributed by atoms with van der Waals surface area (Å²) in [5, 5.41) is 24.4. The summed E-state index contributed by atoms with van der Waals surface area (Å²) in [5.74, 6) is 0. The number of hydrogen-bond acceptors (Lipinski definition) is 9. The van der Waals surface area contributed by atoms with Gasteiger partial charge in [0, 0.05) is 136 Å². The summed E-state index contributed by atoms with van der Waals surface area (Å²) in [6.07, 6.45) is 0. The molecule has 36 aromatic rings. The normalized spacial score (nSPS) is 12.5. The molecule has 0 bridgehead atoms. The third kappa shape index (κ3) is 10.8. The molecule has 678 valence electrons. The van der Waals surface area contributed by atoms with Gasteiger partial charge in [-0.25, -0.2) is 29.9 Å². The van der Waals surface area contributed by atoms with Crippen molar-refractivity contribution in [2.45, 2.75) is 0 Å². The molecule has 15 heterocycles. The van der Waals surface area contributed by atoms with Crippen molar-refractivity contribution in [1.29, 1.82) is 0 Å². The Balaban J connectivity index is 0.0000000945. The minimum Gasteiger partial charge on any atom is -0.456 e. The first-order valence-electron chi connectivity index (χ1n) is 49.8. The lowest BCUT2D eigenvalue weighted by molar-refractivity contribution is 0.669. The number of benzene rings is 21. The number of para-hydroxylation sites is 16. The van der Waals surface area contributed by atoms with E-state index in [1.165, 1.54) is 120 Å². The SMILES string of the molecule is c1ccc(-n2c3ccccc3c3cc(-c4ccc5c(c4)c4c6c(cc7c8nc9ccccc9nc8n5c74)oc4ccccc46)ccc32)cc1.c1ccc(-n2c3ccccc3c3ccc(-c4ccc5c(c4)c4c6c(cc7c8nc9ccccc9nc8n5c74)oc4ccccc46)cc32)cc1.c1ccc(-n2c3ccccc3c3cccc(-c4ccc5c(c4)c4c6c(cc7c8nc9ccccc9nc8n5c74)oc4ccccc46)c32)cc1. The second kappa shape index (κ2) is 29.3. The molecule has 0 saturated carbocycles. The summed E-state index contributed by atoms with van der Waals surface area (Å²) in [5.41, 5.74) is 40.3. The molecule has 147 heavy (non-hydrogen) atoms. The van der Waals surface area contributed by atoms with Crippen LogP contribution in [-0.2, 0) is 0 Å². The van der Waals surface area contributed by atoms with Crippen molar-refractivity contribution < 1.29 is 13.3 Å². The molecule has 0 amide bonds. The van der Waals surface area contributed by atoms with E-state index in [9.17, 15) is 0 Å². The molecule has 0 spiro atoms. The predicted octanol–water partition coefficient (Wildman–Crippen LogP) is 34.3. The topological polar surface area (TPSA) is 145 Å². The Morgan fingerprint density at radius 1 is 0.156 bits per heavy atom. The quantitative estimate of drug-likeness (QED) is 0.159. The van der Waals surface area contributed by atoms with Gasteiger partial charge < -0.3 is 27.0 Å². The fraction of sp³-hybridized carbons (Fsp3) is 0. The molecule has 0 fully saturated rings. The zero-order chi connectivity index (χ0) is 95.4. The van der Waals surface area contributed by atoms with E-state index in [-0.39, 0.29) is 0 Å². The summed E-state index contributed by atoms with van der Waals surface area (Å²) < 4.78 is 33.7. The van der Waals surface area contributed by atoms with Gasteiger partial charge in [-0.2, -0.15) is 0 Å². The van der Waals surface area contributed by atoms with Gasteiger partial charge in [-0.05, 0) is 210 Å². The van der Waals surface area contributed by atoms with E-state index in [4.69, 9.17) is 43.2 Å². The molecule has 0 saturated heterocycles. The van der Waals surface area contributed by atoms with E-state index in [0.717, 1.165) is 210 Å². The first kappa shape index (κ1) is 78.6. The Bertz CT molecular complexity index is 12100. The number of hydrogen-bond donors (Lipinski definition) is 0. The van der Waals surface area contributed by atoms with Crippen LogP contribution < -0.4 is 0 Å². The first-order valence-corrected chi connectivity index (χ1v) is 49.8. The molecule has 0 unspecified atom stereocenters. The summed E-state index contributed by atoms with van der Waals surface area (Å²) in [6, 6.07) is 155. The highest BCUT2D eigenvalue weighted by atomic mass is 16.3. The highest BCUT2D eigenvalue weighted by Crippen LogP contribution is 2.53. The lowest BCUT2D eigenvalue weighted by atomic mass is 9.98. The summed E-state index contributed by atoms with van der Waals surface area (Å²) in [7, 11) is 0. The van der Waals surface area contributed by atoms with Crippen LogP contribution in [0.25, 0.3) is 330 Å². The Morgan fingerprint density at radius 3 is 0.878 bits per heavy atom. The summed E-state index contributed by atoms with van der Waals surface area (Å²) in [6.45, 7) is 0. The van der Waals surface area contributed by atoms with Crippen LogP contribution in [0.15, 0.2) is 450 Å². The van der Waals surface area contributed by atoms with Crippen molar-refractivity contribution >= 4 is 279 Å². The molecule has 21 aromatic carbocycles. The van der Waals surface area contributed by atoms with E-state index >= 15 is 0 Å². The van der Waals surface area contributed by atoms with Crippen molar-refractivity contribution in [3.63, 3.8) is 0 Å². The van der Waals surface area contributed by atoms with Gasteiger partial charge >= 0.3 is 0 Å². The van der Waals surface area contributed by atoms with Gasteiger partial charge in [0.05, 0.1) is 99.3 Å². The molecule has 0 aliphatic carbocycles. The van der Waals surface area contributed by atoms with Crippen molar-refractivity contribution in [2.24, 2.45) is 0 Å². The molecule has 36 rings (SSSR count). The second-order valence-electron chi connectivity index (χ2n) is 38.9. The van der Waals surface area contributed by atoms with Gasteiger partial charge in [-0.1, -0.05) is 255 Å². The summed E-state index contributed by atoms with van der Waals surface area (Å²) in [4.78, 5) is 31.1. The Labute approximate surface area is 831 Å². The van der Waals surface area contributed by atoms with Crippen LogP contribution >= 0.6 is 0 Å². The molecule has 15 heteroatoms. The minimum atomic E-state index is 0.863. The largest absolute Gasteiger partial charge is 0.456 e. The van der Waals surface area contributed by atoms with Gasteiger partial charge in [0.2, 0.25) is 0 Å². The average Bonchev–Trinajstić information content (AvgIpc) is 1.52. The molecular weight excluding hydrogens is 1800 g/mol. The molecule has 0 atom stereocenters. The van der Waals surface area contributed by atoms with Crippen molar-refractivity contribution in [3.8, 4) is 50.4 Å². The van der Waals surface area contributed by atoms with Crippen molar-refractivity contribution in [2.75, 3.05) is 0 Å². The number of aromatic nitrogens is 12. The van der Waals surface area contributed by atoms with E-state index in [0.29, 0.717) is 0 Å². The van der Waals surface area contributed by atoms with Gasteiger partial charge in [-0.15, -0.1) is 0 Å². The van der Waals surface area contributed by atoms with Gasteiger partial charge in [0.25, 0.3) is 0 Å². The lowest BCUT2D eigenvalue weighted by Crippen LogP contribution is -1.95. The van der Waals surface area contributed by atoms with E-state index in [1.54, 1.807) is 0 Å². The standard InChI is InChI=1S/3C44H24N4O/c1-2-11-26(12-3-1)47-35-19-8-4-13-28(35)29-16-10-15-27(42(29)47)25-21-22-36-31(23-25)40-39-30-14-5-9-20-37(30)49-38(39)24-32-41-44(48(36)43(32)40)46-34-18-7-6-17-33(34)45-41;1-2-10-27(11-3-1)47-35-16-8-4-12-28(35)29-20-18-26(23-37(29)47)25-19-21-36-31(22-25)41-40-30-13-5-9-17-38(30)49-39(40)24-32-42-44(48(36)43(32)41)46-34-15-7-6-14-33(34)45-42;1-2-10-27(11-3-1)47-35-16-8-4-12-28(35)30-22-25(18-20-36(30)47)26-19-21-37-31(23-26)41-40-29-13-5-9-17-38(29)49-39(40)24-32-42-44(48(37)43(32)41)46-34-15-7-6-14-33(34)45-42/h3*1-24H. The Morgan fingerprint density at radius 2 is 0.449 bits per heavy atom. The maximum atomic E-state index is 6.56. The monoisotopic (exact) mass is 1870 g/mol. The molecule has 15 aromatic heterocycles. The maximum Gasteiger partial charge on any atom is 0.165 e. The first-order chi connectivity index (χ1) is 72.9. The minimum absolute atomic E-state index is 0.863. The van der Waals surface area contributed by atoms with Crippen LogP contribution in [0.3, 0.4) is 0 Å².